The van der Waals surface area contributed by atoms with Crippen LogP contribution in [0, 0.1) is 5.82 Å². The normalized spacial score (nSPS) is 20.0. The Morgan fingerprint density at radius 1 is 1.20 bits per heavy atom. The Labute approximate surface area is 176 Å². The Bertz CT molecular complexity index is 886. The number of halogens is 1. The summed E-state index contributed by atoms with van der Waals surface area (Å²) in [4.78, 5) is 21.5. The molecule has 2 atom stereocenters. The minimum atomic E-state index is -0.444. The molecule has 2 fully saturated rings. The molecule has 0 radical (unpaired) electrons. The average Bonchev–Trinajstić information content (AvgIpc) is 3.14. The number of rotatable bonds is 8. The second-order valence-corrected chi connectivity index (χ2v) is 8.35. The third-order valence-corrected chi connectivity index (χ3v) is 5.82. The molecule has 0 amide bonds. The number of benzene rings is 1. The molecule has 7 heteroatoms. The first-order chi connectivity index (χ1) is 14.5. The van der Waals surface area contributed by atoms with Crippen molar-refractivity contribution in [3.8, 4) is 11.8 Å². The Morgan fingerprint density at radius 2 is 1.97 bits per heavy atom. The molecular weight excluding hydrogens is 385 g/mol. The number of aromatic nitrogens is 2. The molecule has 1 aromatic carbocycles. The molecule has 0 unspecified atom stereocenters. The zero-order chi connectivity index (χ0) is 21.1. The highest BCUT2D eigenvalue weighted by atomic mass is 19.1. The largest absolute Gasteiger partial charge is 0.489 e. The fraction of sp³-hybridized carbons (Fsp3) is 0.522. The Morgan fingerprint density at radius 3 is 2.63 bits per heavy atom. The summed E-state index contributed by atoms with van der Waals surface area (Å²) < 4.78 is 26.1. The van der Waals surface area contributed by atoms with E-state index in [9.17, 15) is 9.18 Å². The summed E-state index contributed by atoms with van der Waals surface area (Å²) in [5, 5.41) is 0. The van der Waals surface area contributed by atoms with E-state index in [4.69, 9.17) is 9.47 Å². The van der Waals surface area contributed by atoms with Gasteiger partial charge in [0, 0.05) is 19.4 Å². The topological polar surface area (TPSA) is 64.5 Å². The van der Waals surface area contributed by atoms with E-state index in [1.807, 2.05) is 36.1 Å². The van der Waals surface area contributed by atoms with Crippen molar-refractivity contribution in [3.63, 3.8) is 0 Å². The van der Waals surface area contributed by atoms with E-state index in [1.165, 1.54) is 6.20 Å². The van der Waals surface area contributed by atoms with Crippen LogP contribution in [0.15, 0.2) is 30.5 Å². The zero-order valence-electron chi connectivity index (χ0n) is 17.5. The third kappa shape index (κ3) is 4.89. The fourth-order valence-corrected chi connectivity index (χ4v) is 3.89. The number of ether oxygens (including phenoxy) is 2. The van der Waals surface area contributed by atoms with E-state index in [1.54, 1.807) is 6.92 Å². The molecule has 0 N–H and O–H groups in total. The van der Waals surface area contributed by atoms with Gasteiger partial charge in [-0.3, -0.25) is 0 Å². The molecule has 2 aromatic rings. The summed E-state index contributed by atoms with van der Waals surface area (Å²) in [6.45, 7) is 4.88. The van der Waals surface area contributed by atoms with Crippen molar-refractivity contribution in [3.05, 3.63) is 41.8 Å². The smallest absolute Gasteiger partial charge is 0.318 e. The van der Waals surface area contributed by atoms with Crippen LogP contribution >= 0.6 is 0 Å². The molecule has 4 rings (SSSR count). The van der Waals surface area contributed by atoms with E-state index in [-0.39, 0.29) is 35.7 Å². The highest BCUT2D eigenvalue weighted by molar-refractivity contribution is 5.76. The lowest BCUT2D eigenvalue weighted by Crippen LogP contribution is -2.28. The van der Waals surface area contributed by atoms with Gasteiger partial charge in [-0.15, -0.1) is 0 Å². The molecule has 1 saturated carbocycles. The van der Waals surface area contributed by atoms with E-state index in [0.717, 1.165) is 37.0 Å². The van der Waals surface area contributed by atoms with Gasteiger partial charge in [0.15, 0.2) is 11.6 Å². The van der Waals surface area contributed by atoms with Crippen molar-refractivity contribution in [2.75, 3.05) is 18.0 Å². The van der Waals surface area contributed by atoms with Crippen LogP contribution < -0.4 is 14.4 Å². The molecule has 6 nitrogen and oxygen atoms in total. The second-order valence-electron chi connectivity index (χ2n) is 8.35. The lowest BCUT2D eigenvalue weighted by molar-refractivity contribution is -0.117. The Kier molecular flexibility index (Phi) is 6.16. The number of Topliss-reactive ketones (excluding diaryl/α,β-unsaturated/α-hetero) is 1. The first-order valence-corrected chi connectivity index (χ1v) is 10.7. The lowest BCUT2D eigenvalue weighted by Gasteiger charge is -2.25. The monoisotopic (exact) mass is 413 g/mol. The summed E-state index contributed by atoms with van der Waals surface area (Å²) in [5.74, 6) is 0.986. The predicted octanol–water partition coefficient (Wildman–Crippen LogP) is 4.29. The molecule has 2 aliphatic rings. The van der Waals surface area contributed by atoms with Crippen LogP contribution in [0.4, 0.5) is 10.2 Å². The van der Waals surface area contributed by atoms with Gasteiger partial charge in [-0.05, 0) is 49.8 Å². The molecule has 1 aromatic heterocycles. The number of hydrogen-bond acceptors (Lipinski definition) is 6. The number of ketones is 1. The van der Waals surface area contributed by atoms with Gasteiger partial charge in [-0.1, -0.05) is 19.1 Å². The lowest BCUT2D eigenvalue weighted by atomic mass is 9.96. The van der Waals surface area contributed by atoms with Crippen molar-refractivity contribution >= 4 is 11.6 Å². The molecule has 30 heavy (non-hydrogen) atoms. The van der Waals surface area contributed by atoms with Crippen LogP contribution in [-0.2, 0) is 4.79 Å². The number of carbonyl (C=O) groups is 1. The second kappa shape index (κ2) is 8.98. The van der Waals surface area contributed by atoms with Gasteiger partial charge in [0.2, 0.25) is 0 Å². The van der Waals surface area contributed by atoms with Crippen LogP contribution in [0.2, 0.25) is 0 Å². The van der Waals surface area contributed by atoms with Crippen LogP contribution in [0.5, 0.6) is 11.8 Å². The van der Waals surface area contributed by atoms with Gasteiger partial charge < -0.3 is 19.2 Å². The average molecular weight is 413 g/mol. The first kappa shape index (κ1) is 20.6. The number of hydrogen-bond donors (Lipinski definition) is 0. The Hall–Kier alpha value is -2.70. The van der Waals surface area contributed by atoms with Crippen molar-refractivity contribution in [2.24, 2.45) is 0 Å². The van der Waals surface area contributed by atoms with Gasteiger partial charge in [0.05, 0.1) is 12.7 Å². The highest BCUT2D eigenvalue weighted by Gasteiger charge is 2.28. The number of anilines is 1. The summed E-state index contributed by atoms with van der Waals surface area (Å²) >= 11 is 0. The van der Waals surface area contributed by atoms with E-state index in [0.29, 0.717) is 19.5 Å². The van der Waals surface area contributed by atoms with Gasteiger partial charge in [0.25, 0.3) is 0 Å². The summed E-state index contributed by atoms with van der Waals surface area (Å²) in [6, 6.07) is 8.12. The summed E-state index contributed by atoms with van der Waals surface area (Å²) in [5.41, 5.74) is 1.12. The number of nitrogens with zero attached hydrogens (tertiary/aromatic N) is 3. The van der Waals surface area contributed by atoms with Crippen molar-refractivity contribution in [1.29, 1.82) is 0 Å². The van der Waals surface area contributed by atoms with E-state index < -0.39 is 5.82 Å². The summed E-state index contributed by atoms with van der Waals surface area (Å²) in [7, 11) is 0. The summed E-state index contributed by atoms with van der Waals surface area (Å²) in [6.07, 6.45) is 5.77. The van der Waals surface area contributed by atoms with Crippen LogP contribution in [0.1, 0.15) is 57.4 Å². The molecule has 1 aliphatic carbocycles. The molecular formula is C23H28FN3O3. The van der Waals surface area contributed by atoms with Gasteiger partial charge in [0.1, 0.15) is 23.7 Å². The van der Waals surface area contributed by atoms with Crippen molar-refractivity contribution in [2.45, 2.75) is 64.1 Å². The van der Waals surface area contributed by atoms with Gasteiger partial charge >= 0.3 is 6.01 Å². The molecule has 0 bridgehead atoms. The van der Waals surface area contributed by atoms with Crippen molar-refractivity contribution in [1.82, 2.24) is 9.97 Å². The maximum absolute atomic E-state index is 14.3. The predicted molar refractivity (Wildman–Crippen MR) is 112 cm³/mol. The van der Waals surface area contributed by atoms with Gasteiger partial charge in [-0.2, -0.15) is 4.98 Å². The number of carbonyl (C=O) groups excluding carboxylic acids is 1. The minimum absolute atomic E-state index is 0.0455. The molecule has 1 saturated heterocycles. The SMILES string of the molecule is CC(=O)C[C@@H](C)c1ccc(O[C@@H]2CCN(c3nc(OC4CCC4)ncc3F)C2)cc1. The molecule has 1 aliphatic heterocycles. The van der Waals surface area contributed by atoms with E-state index in [2.05, 4.69) is 9.97 Å². The standard InChI is InChI=1S/C23H28FN3O3/c1-15(12-16(2)28)17-6-8-19(9-7-17)29-20-10-11-27(14-20)22-21(24)13-25-23(26-22)30-18-4-3-5-18/h6-9,13,15,18,20H,3-5,10-12,14H2,1-2H3/t15-,20-/m1/s1. The van der Waals surface area contributed by atoms with Crippen LogP contribution in [0.3, 0.4) is 0 Å². The maximum Gasteiger partial charge on any atom is 0.318 e. The van der Waals surface area contributed by atoms with Crippen LogP contribution in [0.25, 0.3) is 0 Å². The fourth-order valence-electron chi connectivity index (χ4n) is 3.89. The first-order valence-electron chi connectivity index (χ1n) is 10.7. The minimum Gasteiger partial charge on any atom is -0.489 e. The maximum atomic E-state index is 14.3. The van der Waals surface area contributed by atoms with Crippen molar-refractivity contribution < 1.29 is 18.7 Å². The molecule has 160 valence electrons. The highest BCUT2D eigenvalue weighted by Crippen LogP contribution is 2.28. The third-order valence-electron chi connectivity index (χ3n) is 5.82. The quantitative estimate of drug-likeness (QED) is 0.643. The van der Waals surface area contributed by atoms with Gasteiger partial charge in [-0.25, -0.2) is 9.37 Å². The molecule has 2 heterocycles. The van der Waals surface area contributed by atoms with Crippen LogP contribution in [-0.4, -0.2) is 41.0 Å². The Balaban J connectivity index is 1.35. The zero-order valence-corrected chi connectivity index (χ0v) is 17.5. The molecule has 0 spiro atoms. The van der Waals surface area contributed by atoms with E-state index >= 15 is 0 Å².